The van der Waals surface area contributed by atoms with Crippen molar-refractivity contribution in [3.05, 3.63) is 24.3 Å². The van der Waals surface area contributed by atoms with Crippen LogP contribution < -0.4 is 5.32 Å². The van der Waals surface area contributed by atoms with Crippen LogP contribution in [0.2, 0.25) is 0 Å². The predicted molar refractivity (Wildman–Crippen MR) is 79.7 cm³/mol. The number of aromatic nitrogens is 2. The van der Waals surface area contributed by atoms with E-state index in [0.29, 0.717) is 31.9 Å². The Labute approximate surface area is 122 Å². The number of aromatic amines is 1. The van der Waals surface area contributed by atoms with E-state index in [1.165, 1.54) is 0 Å². The third-order valence-corrected chi connectivity index (χ3v) is 3.94. The maximum Gasteiger partial charge on any atom is 0.229 e. The first-order valence-electron chi connectivity index (χ1n) is 7.14. The molecule has 0 atom stereocenters. The SMILES string of the molecule is CC(=O)N1CCC(C(=O)Nc2nc3ccccc3[nH]2)CC1. The van der Waals surface area contributed by atoms with Crippen LogP contribution in [0.15, 0.2) is 24.3 Å². The minimum absolute atomic E-state index is 0.0303. The molecular formula is C15H18N4O2. The number of carbonyl (C=O) groups is 2. The van der Waals surface area contributed by atoms with E-state index in [9.17, 15) is 9.59 Å². The van der Waals surface area contributed by atoms with Gasteiger partial charge in [0, 0.05) is 25.9 Å². The van der Waals surface area contributed by atoms with E-state index in [0.717, 1.165) is 11.0 Å². The van der Waals surface area contributed by atoms with Crippen molar-refractivity contribution < 1.29 is 9.59 Å². The smallest absolute Gasteiger partial charge is 0.229 e. The number of likely N-dealkylation sites (tertiary alicyclic amines) is 1. The number of benzene rings is 1. The van der Waals surface area contributed by atoms with Crippen LogP contribution in [0.1, 0.15) is 19.8 Å². The number of para-hydroxylation sites is 2. The van der Waals surface area contributed by atoms with E-state index >= 15 is 0 Å². The van der Waals surface area contributed by atoms with Gasteiger partial charge in [-0.3, -0.25) is 14.9 Å². The molecule has 0 aliphatic carbocycles. The second-order valence-electron chi connectivity index (χ2n) is 5.37. The third kappa shape index (κ3) is 2.89. The van der Waals surface area contributed by atoms with E-state index in [1.807, 2.05) is 24.3 Å². The van der Waals surface area contributed by atoms with Crippen molar-refractivity contribution in [2.75, 3.05) is 18.4 Å². The summed E-state index contributed by atoms with van der Waals surface area (Å²) in [4.78, 5) is 32.7. The Bertz CT molecular complexity index is 638. The molecule has 0 spiro atoms. The number of rotatable bonds is 2. The van der Waals surface area contributed by atoms with Crippen LogP contribution >= 0.6 is 0 Å². The van der Waals surface area contributed by atoms with Crippen molar-refractivity contribution in [3.8, 4) is 0 Å². The van der Waals surface area contributed by atoms with Gasteiger partial charge in [-0.2, -0.15) is 0 Å². The first-order chi connectivity index (χ1) is 10.1. The highest BCUT2D eigenvalue weighted by molar-refractivity contribution is 5.92. The van der Waals surface area contributed by atoms with E-state index in [2.05, 4.69) is 15.3 Å². The van der Waals surface area contributed by atoms with Gasteiger partial charge >= 0.3 is 0 Å². The number of carbonyl (C=O) groups excluding carboxylic acids is 2. The molecule has 0 saturated carbocycles. The van der Waals surface area contributed by atoms with Gasteiger partial charge in [0.1, 0.15) is 0 Å². The number of piperidine rings is 1. The quantitative estimate of drug-likeness (QED) is 0.883. The van der Waals surface area contributed by atoms with E-state index in [-0.39, 0.29) is 17.7 Å². The molecule has 110 valence electrons. The molecule has 2 aromatic rings. The second kappa shape index (κ2) is 5.55. The van der Waals surface area contributed by atoms with Crippen molar-refractivity contribution in [2.24, 2.45) is 5.92 Å². The Morgan fingerprint density at radius 3 is 2.67 bits per heavy atom. The van der Waals surface area contributed by atoms with E-state index in [4.69, 9.17) is 0 Å². The van der Waals surface area contributed by atoms with Gasteiger partial charge in [-0.05, 0) is 25.0 Å². The monoisotopic (exact) mass is 286 g/mol. The normalized spacial score (nSPS) is 16.1. The molecular weight excluding hydrogens is 268 g/mol. The predicted octanol–water partition coefficient (Wildman–Crippen LogP) is 1.76. The molecule has 1 aliphatic heterocycles. The fourth-order valence-electron chi connectivity index (χ4n) is 2.69. The zero-order chi connectivity index (χ0) is 14.8. The zero-order valence-corrected chi connectivity index (χ0v) is 11.9. The summed E-state index contributed by atoms with van der Waals surface area (Å²) in [5.41, 5.74) is 1.73. The lowest BCUT2D eigenvalue weighted by atomic mass is 9.96. The fourth-order valence-corrected chi connectivity index (χ4v) is 2.69. The molecule has 0 bridgehead atoms. The average Bonchev–Trinajstić information content (AvgIpc) is 2.89. The van der Waals surface area contributed by atoms with Gasteiger partial charge in [-0.25, -0.2) is 4.98 Å². The molecule has 2 amide bonds. The van der Waals surface area contributed by atoms with Crippen molar-refractivity contribution in [1.82, 2.24) is 14.9 Å². The molecule has 6 heteroatoms. The Hall–Kier alpha value is -2.37. The lowest BCUT2D eigenvalue weighted by molar-refractivity contribution is -0.132. The van der Waals surface area contributed by atoms with Crippen molar-refractivity contribution in [2.45, 2.75) is 19.8 Å². The second-order valence-corrected chi connectivity index (χ2v) is 5.37. The summed E-state index contributed by atoms with van der Waals surface area (Å²) in [5.74, 6) is 0.465. The van der Waals surface area contributed by atoms with Gasteiger partial charge in [0.25, 0.3) is 0 Å². The Morgan fingerprint density at radius 1 is 1.29 bits per heavy atom. The number of H-pyrrole nitrogens is 1. The summed E-state index contributed by atoms with van der Waals surface area (Å²) in [6, 6.07) is 7.64. The van der Waals surface area contributed by atoms with Crippen LogP contribution in [-0.4, -0.2) is 39.8 Å². The first kappa shape index (κ1) is 13.6. The number of hydrogen-bond donors (Lipinski definition) is 2. The summed E-state index contributed by atoms with van der Waals surface area (Å²) < 4.78 is 0. The molecule has 1 saturated heterocycles. The fraction of sp³-hybridized carbons (Fsp3) is 0.400. The minimum Gasteiger partial charge on any atom is -0.343 e. The number of anilines is 1. The van der Waals surface area contributed by atoms with Crippen LogP contribution in [-0.2, 0) is 9.59 Å². The van der Waals surface area contributed by atoms with Gasteiger partial charge < -0.3 is 9.88 Å². The van der Waals surface area contributed by atoms with Crippen molar-refractivity contribution in [1.29, 1.82) is 0 Å². The number of fused-ring (bicyclic) bond motifs is 1. The van der Waals surface area contributed by atoms with E-state index in [1.54, 1.807) is 11.8 Å². The topological polar surface area (TPSA) is 78.1 Å². The molecule has 1 aromatic carbocycles. The molecule has 6 nitrogen and oxygen atoms in total. The Balaban J connectivity index is 1.63. The van der Waals surface area contributed by atoms with Gasteiger partial charge in [0.05, 0.1) is 11.0 Å². The number of imidazole rings is 1. The summed E-state index contributed by atoms with van der Waals surface area (Å²) in [6.07, 6.45) is 1.40. The van der Waals surface area contributed by atoms with Gasteiger partial charge in [0.15, 0.2) is 0 Å². The van der Waals surface area contributed by atoms with Crippen LogP contribution in [0.4, 0.5) is 5.95 Å². The number of nitrogens with zero attached hydrogens (tertiary/aromatic N) is 2. The third-order valence-electron chi connectivity index (χ3n) is 3.94. The van der Waals surface area contributed by atoms with E-state index < -0.39 is 0 Å². The molecule has 1 aliphatic rings. The van der Waals surface area contributed by atoms with Crippen LogP contribution in [0.25, 0.3) is 11.0 Å². The first-order valence-corrected chi connectivity index (χ1v) is 7.14. The molecule has 2 N–H and O–H groups in total. The summed E-state index contributed by atoms with van der Waals surface area (Å²) in [7, 11) is 0. The molecule has 21 heavy (non-hydrogen) atoms. The van der Waals surface area contributed by atoms with Gasteiger partial charge in [-0.15, -0.1) is 0 Å². The highest BCUT2D eigenvalue weighted by Gasteiger charge is 2.26. The molecule has 2 heterocycles. The molecule has 1 fully saturated rings. The van der Waals surface area contributed by atoms with Crippen molar-refractivity contribution in [3.63, 3.8) is 0 Å². The highest BCUT2D eigenvalue weighted by Crippen LogP contribution is 2.20. The standard InChI is InChI=1S/C15H18N4O2/c1-10(20)19-8-6-11(7-9-19)14(21)18-15-16-12-4-2-3-5-13(12)17-15/h2-5,11H,6-9H2,1H3,(H2,16,17,18,21). The number of amides is 2. The lowest BCUT2D eigenvalue weighted by Gasteiger charge is -2.30. The summed E-state index contributed by atoms with van der Waals surface area (Å²) in [6.45, 7) is 2.86. The lowest BCUT2D eigenvalue weighted by Crippen LogP contribution is -2.40. The average molecular weight is 286 g/mol. The summed E-state index contributed by atoms with van der Waals surface area (Å²) in [5, 5.41) is 2.84. The number of hydrogen-bond acceptors (Lipinski definition) is 3. The Morgan fingerprint density at radius 2 is 2.00 bits per heavy atom. The number of nitrogens with one attached hydrogen (secondary N) is 2. The zero-order valence-electron chi connectivity index (χ0n) is 11.9. The molecule has 3 rings (SSSR count). The minimum atomic E-state index is -0.0613. The largest absolute Gasteiger partial charge is 0.343 e. The highest BCUT2D eigenvalue weighted by atomic mass is 16.2. The molecule has 0 radical (unpaired) electrons. The molecule has 0 unspecified atom stereocenters. The maximum atomic E-state index is 12.2. The van der Waals surface area contributed by atoms with Crippen LogP contribution in [0, 0.1) is 5.92 Å². The van der Waals surface area contributed by atoms with Crippen LogP contribution in [0.3, 0.4) is 0 Å². The molecule has 1 aromatic heterocycles. The maximum absolute atomic E-state index is 12.2. The van der Waals surface area contributed by atoms with Gasteiger partial charge in [-0.1, -0.05) is 12.1 Å². The van der Waals surface area contributed by atoms with Crippen molar-refractivity contribution >= 4 is 28.8 Å². The Kier molecular flexibility index (Phi) is 3.60. The van der Waals surface area contributed by atoms with Gasteiger partial charge in [0.2, 0.25) is 17.8 Å². The van der Waals surface area contributed by atoms with Crippen LogP contribution in [0.5, 0.6) is 0 Å². The summed E-state index contributed by atoms with van der Waals surface area (Å²) >= 11 is 0.